The highest BCUT2D eigenvalue weighted by atomic mass is 19.1. The lowest BCUT2D eigenvalue weighted by Crippen LogP contribution is -2.28. The average Bonchev–Trinajstić information content (AvgIpc) is 2.42. The third-order valence-electron chi connectivity index (χ3n) is 3.03. The number of amides is 1. The topological polar surface area (TPSA) is 38.3 Å². The minimum Gasteiger partial charge on any atom is -0.492 e. The number of hydrogen-bond donors (Lipinski definition) is 1. The van der Waals surface area contributed by atoms with Gasteiger partial charge in [0.2, 0.25) is 0 Å². The molecular weight excluding hydrogens is 288 g/mol. The molecule has 0 aliphatic carbocycles. The highest BCUT2D eigenvalue weighted by Crippen LogP contribution is 2.16. The molecule has 2 aromatic carbocycles. The first-order valence-corrected chi connectivity index (χ1v) is 6.90. The molecule has 0 atom stereocenters. The van der Waals surface area contributed by atoms with Crippen molar-refractivity contribution in [2.45, 2.75) is 13.8 Å². The number of carbonyl (C=O) groups is 1. The van der Waals surface area contributed by atoms with E-state index in [1.165, 1.54) is 0 Å². The Morgan fingerprint density at radius 2 is 1.77 bits per heavy atom. The zero-order valence-corrected chi connectivity index (χ0v) is 12.5. The van der Waals surface area contributed by atoms with Crippen molar-refractivity contribution in [1.82, 2.24) is 5.32 Å². The van der Waals surface area contributed by atoms with Crippen LogP contribution in [0.3, 0.4) is 0 Å². The number of benzene rings is 2. The Bertz CT molecular complexity index is 666. The van der Waals surface area contributed by atoms with Crippen LogP contribution in [0.1, 0.15) is 21.5 Å². The van der Waals surface area contributed by atoms with Crippen molar-refractivity contribution in [2.75, 3.05) is 13.2 Å². The van der Waals surface area contributed by atoms with Crippen LogP contribution in [-0.4, -0.2) is 19.1 Å². The summed E-state index contributed by atoms with van der Waals surface area (Å²) >= 11 is 0. The molecule has 0 saturated heterocycles. The molecule has 0 saturated carbocycles. The molecule has 0 unspecified atom stereocenters. The molecule has 0 aliphatic rings. The second-order valence-electron chi connectivity index (χ2n) is 5.05. The summed E-state index contributed by atoms with van der Waals surface area (Å²) in [6, 6.07) is 8.67. The molecule has 1 amide bonds. The smallest absolute Gasteiger partial charge is 0.254 e. The molecule has 0 fully saturated rings. The van der Waals surface area contributed by atoms with E-state index in [0.717, 1.165) is 29.0 Å². The second-order valence-corrected chi connectivity index (χ2v) is 5.05. The van der Waals surface area contributed by atoms with Gasteiger partial charge in [-0.2, -0.15) is 0 Å². The van der Waals surface area contributed by atoms with E-state index in [0.29, 0.717) is 6.07 Å². The molecule has 2 aromatic rings. The second kappa shape index (κ2) is 7.02. The Hall–Kier alpha value is -2.43. The van der Waals surface area contributed by atoms with Crippen LogP contribution in [0.25, 0.3) is 0 Å². The maximum absolute atomic E-state index is 13.4. The van der Waals surface area contributed by atoms with Gasteiger partial charge in [-0.15, -0.1) is 0 Å². The van der Waals surface area contributed by atoms with Gasteiger partial charge < -0.3 is 10.1 Å². The van der Waals surface area contributed by atoms with Gasteiger partial charge in [0.1, 0.15) is 24.0 Å². The van der Waals surface area contributed by atoms with E-state index < -0.39 is 17.5 Å². The summed E-state index contributed by atoms with van der Waals surface area (Å²) in [7, 11) is 0. The molecule has 5 heteroatoms. The molecule has 1 N–H and O–H groups in total. The minimum absolute atomic E-state index is 0.187. The molecule has 0 radical (unpaired) electrons. The van der Waals surface area contributed by atoms with Crippen molar-refractivity contribution in [3.63, 3.8) is 0 Å². The highest BCUT2D eigenvalue weighted by Gasteiger charge is 2.11. The number of rotatable bonds is 5. The highest BCUT2D eigenvalue weighted by molar-refractivity contribution is 5.94. The summed E-state index contributed by atoms with van der Waals surface area (Å²) in [4.78, 5) is 11.8. The van der Waals surface area contributed by atoms with Crippen molar-refractivity contribution >= 4 is 5.91 Å². The Labute approximate surface area is 127 Å². The predicted octanol–water partition coefficient (Wildman–Crippen LogP) is 3.39. The minimum atomic E-state index is -0.882. The van der Waals surface area contributed by atoms with Crippen LogP contribution < -0.4 is 10.1 Å². The van der Waals surface area contributed by atoms with E-state index in [4.69, 9.17) is 4.74 Å². The SMILES string of the molecule is Cc1cc(C)cc(OCCNC(=O)c2ccc(F)cc2F)c1. The summed E-state index contributed by atoms with van der Waals surface area (Å²) in [5.41, 5.74) is 1.99. The van der Waals surface area contributed by atoms with E-state index in [1.807, 2.05) is 32.0 Å². The van der Waals surface area contributed by atoms with Crippen molar-refractivity contribution in [3.05, 3.63) is 64.7 Å². The van der Waals surface area contributed by atoms with E-state index >= 15 is 0 Å². The number of nitrogens with one attached hydrogen (secondary N) is 1. The van der Waals surface area contributed by atoms with E-state index in [9.17, 15) is 13.6 Å². The van der Waals surface area contributed by atoms with Crippen LogP contribution in [0.2, 0.25) is 0 Å². The molecule has 3 nitrogen and oxygen atoms in total. The Morgan fingerprint density at radius 3 is 2.41 bits per heavy atom. The molecule has 116 valence electrons. The van der Waals surface area contributed by atoms with Gasteiger partial charge >= 0.3 is 0 Å². The predicted molar refractivity (Wildman–Crippen MR) is 80.1 cm³/mol. The Morgan fingerprint density at radius 1 is 1.09 bits per heavy atom. The fourth-order valence-corrected chi connectivity index (χ4v) is 2.12. The molecule has 0 aliphatic heterocycles. The largest absolute Gasteiger partial charge is 0.492 e. The van der Waals surface area contributed by atoms with E-state index in [-0.39, 0.29) is 18.7 Å². The lowest BCUT2D eigenvalue weighted by Gasteiger charge is -2.09. The third kappa shape index (κ3) is 4.28. The van der Waals surface area contributed by atoms with E-state index in [2.05, 4.69) is 5.32 Å². The molecule has 0 aromatic heterocycles. The van der Waals surface area contributed by atoms with Crippen molar-refractivity contribution in [1.29, 1.82) is 0 Å². The van der Waals surface area contributed by atoms with Gasteiger partial charge in [0.25, 0.3) is 5.91 Å². The lowest BCUT2D eigenvalue weighted by molar-refractivity contribution is 0.0943. The first-order chi connectivity index (χ1) is 10.5. The summed E-state index contributed by atoms with van der Waals surface area (Å²) in [6.45, 7) is 4.43. The standard InChI is InChI=1S/C17H17F2NO2/c1-11-7-12(2)9-14(8-11)22-6-5-20-17(21)15-4-3-13(18)10-16(15)19/h3-4,7-10H,5-6H2,1-2H3,(H,20,21). The molecule has 0 spiro atoms. The maximum atomic E-state index is 13.4. The lowest BCUT2D eigenvalue weighted by atomic mass is 10.1. The summed E-state index contributed by atoms with van der Waals surface area (Å²) in [6.07, 6.45) is 0. The van der Waals surface area contributed by atoms with Gasteiger partial charge in [-0.1, -0.05) is 6.07 Å². The van der Waals surface area contributed by atoms with Crippen molar-refractivity contribution in [3.8, 4) is 5.75 Å². The first kappa shape index (κ1) is 15.9. The summed E-state index contributed by atoms with van der Waals surface area (Å²) < 4.78 is 31.7. The van der Waals surface area contributed by atoms with Crippen LogP contribution in [0, 0.1) is 25.5 Å². The fourth-order valence-electron chi connectivity index (χ4n) is 2.12. The van der Waals surface area contributed by atoms with Crippen molar-refractivity contribution < 1.29 is 18.3 Å². The van der Waals surface area contributed by atoms with Gasteiger partial charge in [-0.05, 0) is 49.2 Å². The molecule has 0 heterocycles. The van der Waals surface area contributed by atoms with Gasteiger partial charge in [0, 0.05) is 6.07 Å². The summed E-state index contributed by atoms with van der Waals surface area (Å²) in [5, 5.41) is 2.53. The van der Waals surface area contributed by atoms with E-state index in [1.54, 1.807) is 0 Å². The van der Waals surface area contributed by atoms with Crippen molar-refractivity contribution in [2.24, 2.45) is 0 Å². The van der Waals surface area contributed by atoms with Gasteiger partial charge in [0.15, 0.2) is 0 Å². The summed E-state index contributed by atoms with van der Waals surface area (Å²) in [5.74, 6) is -1.47. The zero-order valence-electron chi connectivity index (χ0n) is 12.5. The number of carbonyl (C=O) groups excluding carboxylic acids is 1. The Balaban J connectivity index is 1.84. The number of aryl methyl sites for hydroxylation is 2. The quantitative estimate of drug-likeness (QED) is 0.860. The number of halogens is 2. The average molecular weight is 305 g/mol. The van der Waals surface area contributed by atoms with Gasteiger partial charge in [-0.3, -0.25) is 4.79 Å². The molecule has 2 rings (SSSR count). The van der Waals surface area contributed by atoms with Gasteiger partial charge in [-0.25, -0.2) is 8.78 Å². The monoisotopic (exact) mass is 305 g/mol. The third-order valence-corrected chi connectivity index (χ3v) is 3.03. The van der Waals surface area contributed by atoms with Gasteiger partial charge in [0.05, 0.1) is 12.1 Å². The van der Waals surface area contributed by atoms with Crippen LogP contribution in [0.15, 0.2) is 36.4 Å². The Kier molecular flexibility index (Phi) is 5.09. The molecular formula is C17H17F2NO2. The molecule has 0 bridgehead atoms. The van der Waals surface area contributed by atoms with Crippen LogP contribution in [0.5, 0.6) is 5.75 Å². The first-order valence-electron chi connectivity index (χ1n) is 6.90. The zero-order chi connectivity index (χ0) is 16.1. The van der Waals surface area contributed by atoms with Crippen LogP contribution >= 0.6 is 0 Å². The van der Waals surface area contributed by atoms with Crippen LogP contribution in [-0.2, 0) is 0 Å². The number of ether oxygens (including phenoxy) is 1. The normalized spacial score (nSPS) is 10.4. The fraction of sp³-hybridized carbons (Fsp3) is 0.235. The molecule has 22 heavy (non-hydrogen) atoms. The maximum Gasteiger partial charge on any atom is 0.254 e. The van der Waals surface area contributed by atoms with Crippen LogP contribution in [0.4, 0.5) is 8.78 Å². The number of hydrogen-bond acceptors (Lipinski definition) is 2.